The van der Waals surface area contributed by atoms with E-state index in [4.69, 9.17) is 4.99 Å². The van der Waals surface area contributed by atoms with Crippen molar-refractivity contribution in [1.82, 2.24) is 0 Å². The summed E-state index contributed by atoms with van der Waals surface area (Å²) < 4.78 is 0. The molecule has 1 heteroatoms. The first-order valence-electron chi connectivity index (χ1n) is 5.28. The van der Waals surface area contributed by atoms with Crippen LogP contribution < -0.4 is 10.6 Å². The van der Waals surface area contributed by atoms with Crippen LogP contribution >= 0.6 is 0 Å². The zero-order valence-electron chi connectivity index (χ0n) is 9.89. The van der Waals surface area contributed by atoms with E-state index in [1.165, 1.54) is 16.7 Å². The van der Waals surface area contributed by atoms with Crippen LogP contribution in [0.2, 0.25) is 0 Å². The van der Waals surface area contributed by atoms with Crippen molar-refractivity contribution in [3.63, 3.8) is 0 Å². The quantitative estimate of drug-likeness (QED) is 0.607. The van der Waals surface area contributed by atoms with Crippen LogP contribution in [0.25, 0.3) is 12.2 Å². The molecule has 0 amide bonds. The highest BCUT2D eigenvalue weighted by Gasteiger charge is 2.18. The lowest BCUT2D eigenvalue weighted by molar-refractivity contribution is 0.631. The summed E-state index contributed by atoms with van der Waals surface area (Å²) in [5.74, 6) is 0. The summed E-state index contributed by atoms with van der Waals surface area (Å²) in [7, 11) is 0. The lowest BCUT2D eigenvalue weighted by Crippen LogP contribution is -2.27. The van der Waals surface area contributed by atoms with Crippen LogP contribution in [0.1, 0.15) is 31.9 Å². The molecule has 2 rings (SSSR count). The van der Waals surface area contributed by atoms with Gasteiger partial charge in [0, 0.05) is 5.56 Å². The second-order valence-corrected chi connectivity index (χ2v) is 4.89. The first-order chi connectivity index (χ1) is 6.89. The molecule has 0 atom stereocenters. The molecule has 0 radical (unpaired) electrons. The number of allylic oxidation sites excluding steroid dienone is 1. The van der Waals surface area contributed by atoms with E-state index < -0.39 is 0 Å². The summed E-state index contributed by atoms with van der Waals surface area (Å²) in [6.45, 7) is 12.5. The summed E-state index contributed by atoms with van der Waals surface area (Å²) in [4.78, 5) is 4.73. The topological polar surface area (TPSA) is 12.4 Å². The highest BCUT2D eigenvalue weighted by molar-refractivity contribution is 5.66. The SMILES string of the molecule is C=c1cc2c(cc1C)=NC(C)(C)C=C2C. The van der Waals surface area contributed by atoms with Gasteiger partial charge in [0.1, 0.15) is 0 Å². The maximum atomic E-state index is 4.73. The Labute approximate surface area is 90.9 Å². The molecule has 0 aromatic heterocycles. The fourth-order valence-electron chi connectivity index (χ4n) is 2.10. The normalized spacial score (nSPS) is 17.7. The van der Waals surface area contributed by atoms with Crippen molar-refractivity contribution < 1.29 is 0 Å². The average molecular weight is 199 g/mol. The molecule has 1 nitrogen and oxygen atoms in total. The number of nitrogens with zero attached hydrogens (tertiary/aromatic N) is 1. The van der Waals surface area contributed by atoms with E-state index in [0.29, 0.717) is 0 Å². The van der Waals surface area contributed by atoms with Crippen LogP contribution in [0.15, 0.2) is 23.2 Å². The lowest BCUT2D eigenvalue weighted by Gasteiger charge is -2.22. The van der Waals surface area contributed by atoms with Crippen molar-refractivity contribution in [2.75, 3.05) is 0 Å². The summed E-state index contributed by atoms with van der Waals surface area (Å²) >= 11 is 0. The maximum absolute atomic E-state index is 4.73. The van der Waals surface area contributed by atoms with Crippen molar-refractivity contribution in [3.8, 4) is 0 Å². The van der Waals surface area contributed by atoms with Gasteiger partial charge >= 0.3 is 0 Å². The van der Waals surface area contributed by atoms with Crippen molar-refractivity contribution in [2.45, 2.75) is 33.2 Å². The van der Waals surface area contributed by atoms with Crippen molar-refractivity contribution in [3.05, 3.63) is 39.9 Å². The first-order valence-corrected chi connectivity index (χ1v) is 5.28. The molecule has 0 N–H and O–H groups in total. The molecular weight excluding hydrogens is 182 g/mol. The number of hydrogen-bond acceptors (Lipinski definition) is 1. The number of rotatable bonds is 0. The Kier molecular flexibility index (Phi) is 2.07. The van der Waals surface area contributed by atoms with E-state index in [9.17, 15) is 0 Å². The van der Waals surface area contributed by atoms with Crippen LogP contribution in [0, 0.1) is 6.92 Å². The van der Waals surface area contributed by atoms with E-state index in [2.05, 4.69) is 52.5 Å². The number of hydrogen-bond donors (Lipinski definition) is 0. The summed E-state index contributed by atoms with van der Waals surface area (Å²) in [5, 5.41) is 2.20. The zero-order valence-corrected chi connectivity index (χ0v) is 9.89. The summed E-state index contributed by atoms with van der Waals surface area (Å²) in [6, 6.07) is 4.27. The van der Waals surface area contributed by atoms with Crippen molar-refractivity contribution in [1.29, 1.82) is 0 Å². The van der Waals surface area contributed by atoms with E-state index in [1.807, 2.05) is 0 Å². The lowest BCUT2D eigenvalue weighted by atomic mass is 9.93. The molecule has 78 valence electrons. The Hall–Kier alpha value is -1.37. The van der Waals surface area contributed by atoms with Crippen LogP contribution in [0.5, 0.6) is 0 Å². The minimum Gasteiger partial charge on any atom is -0.275 e. The van der Waals surface area contributed by atoms with Gasteiger partial charge in [-0.1, -0.05) is 12.7 Å². The Morgan fingerprint density at radius 3 is 2.53 bits per heavy atom. The van der Waals surface area contributed by atoms with E-state index in [1.54, 1.807) is 0 Å². The van der Waals surface area contributed by atoms with E-state index >= 15 is 0 Å². The molecule has 1 aromatic carbocycles. The fourth-order valence-corrected chi connectivity index (χ4v) is 2.10. The Morgan fingerprint density at radius 1 is 1.20 bits per heavy atom. The van der Waals surface area contributed by atoms with Gasteiger partial charge in [0.25, 0.3) is 0 Å². The number of benzene rings is 1. The zero-order chi connectivity index (χ0) is 11.2. The second-order valence-electron chi connectivity index (χ2n) is 4.89. The van der Waals surface area contributed by atoms with Gasteiger partial charge in [0.05, 0.1) is 10.9 Å². The van der Waals surface area contributed by atoms with Gasteiger partial charge in [-0.15, -0.1) is 0 Å². The van der Waals surface area contributed by atoms with Gasteiger partial charge in [-0.05, 0) is 56.2 Å². The Morgan fingerprint density at radius 2 is 1.87 bits per heavy atom. The van der Waals surface area contributed by atoms with Gasteiger partial charge < -0.3 is 0 Å². The van der Waals surface area contributed by atoms with Gasteiger partial charge in [-0.2, -0.15) is 0 Å². The first kappa shape index (κ1) is 10.2. The number of fused-ring (bicyclic) bond motifs is 1. The molecule has 1 heterocycles. The largest absolute Gasteiger partial charge is 0.275 e. The highest BCUT2D eigenvalue weighted by atomic mass is 14.8. The smallest absolute Gasteiger partial charge is 0.0744 e. The third kappa shape index (κ3) is 1.74. The molecule has 1 aliphatic heterocycles. The summed E-state index contributed by atoms with van der Waals surface area (Å²) in [6.07, 6.45) is 2.21. The van der Waals surface area contributed by atoms with Gasteiger partial charge in [-0.3, -0.25) is 4.99 Å². The Balaban J connectivity index is 2.83. The van der Waals surface area contributed by atoms with E-state index in [-0.39, 0.29) is 5.54 Å². The van der Waals surface area contributed by atoms with Crippen LogP contribution in [0.4, 0.5) is 0 Å². The molecule has 1 aliphatic rings. The minimum atomic E-state index is -0.0772. The maximum Gasteiger partial charge on any atom is 0.0744 e. The van der Waals surface area contributed by atoms with Crippen molar-refractivity contribution >= 4 is 12.2 Å². The third-order valence-electron chi connectivity index (χ3n) is 2.86. The minimum absolute atomic E-state index is 0.0772. The third-order valence-corrected chi connectivity index (χ3v) is 2.86. The van der Waals surface area contributed by atoms with Crippen LogP contribution in [-0.4, -0.2) is 5.54 Å². The van der Waals surface area contributed by atoms with Crippen molar-refractivity contribution in [2.24, 2.45) is 4.99 Å². The second kappa shape index (κ2) is 3.06. The summed E-state index contributed by atoms with van der Waals surface area (Å²) in [5.41, 5.74) is 3.66. The van der Waals surface area contributed by atoms with Crippen LogP contribution in [-0.2, 0) is 0 Å². The predicted octanol–water partition coefficient (Wildman–Crippen LogP) is 2.22. The van der Waals surface area contributed by atoms with Gasteiger partial charge in [0.15, 0.2) is 0 Å². The molecular formula is C14H17N. The molecule has 0 spiro atoms. The standard InChI is InChI=1S/C14H17N/c1-9-6-12-11(3)8-14(4,5)15-13(12)7-10(9)2/h6-8H,1H2,2-5H3. The molecule has 0 bridgehead atoms. The Bertz CT molecular complexity index is 547. The predicted molar refractivity (Wildman–Crippen MR) is 65.2 cm³/mol. The number of aryl methyl sites for hydroxylation is 1. The fraction of sp³-hybridized carbons (Fsp3) is 0.357. The molecule has 0 saturated heterocycles. The average Bonchev–Trinajstić information content (AvgIpc) is 2.07. The van der Waals surface area contributed by atoms with Crippen LogP contribution in [0.3, 0.4) is 0 Å². The molecule has 0 aliphatic carbocycles. The molecule has 1 aromatic rings. The van der Waals surface area contributed by atoms with E-state index in [0.717, 1.165) is 10.6 Å². The monoisotopic (exact) mass is 199 g/mol. The molecule has 15 heavy (non-hydrogen) atoms. The highest BCUT2D eigenvalue weighted by Crippen LogP contribution is 2.21. The van der Waals surface area contributed by atoms with Gasteiger partial charge in [-0.25, -0.2) is 0 Å². The molecule has 0 fully saturated rings. The molecule has 0 unspecified atom stereocenters. The molecule has 0 saturated carbocycles. The van der Waals surface area contributed by atoms with Gasteiger partial charge in [0.2, 0.25) is 0 Å².